The van der Waals surface area contributed by atoms with Crippen molar-refractivity contribution in [2.45, 2.75) is 38.5 Å². The SMILES string of the molecule is Fc1cc(Cl)ccc1COc1cccc(C2CCN(Cc3nc4ccccc4n3Cc3ncco3)CC2)n1. The minimum Gasteiger partial charge on any atom is -0.473 e. The standard InChI is InChI=1S/C29H27ClFN5O2/c30-22-9-8-21(23(31)16-22)19-38-28-7-3-5-24(34-28)20-10-13-35(14-11-20)17-27-33-25-4-1-2-6-26(25)36(27)18-29-32-12-15-37-29/h1-9,12,15-16,20H,10-11,13-14,17-19H2. The maximum atomic E-state index is 14.1. The lowest BCUT2D eigenvalue weighted by atomic mass is 9.93. The molecule has 9 heteroatoms. The van der Waals surface area contributed by atoms with Gasteiger partial charge in [0.25, 0.3) is 0 Å². The summed E-state index contributed by atoms with van der Waals surface area (Å²) in [6.07, 6.45) is 5.25. The van der Waals surface area contributed by atoms with E-state index >= 15 is 0 Å². The van der Waals surface area contributed by atoms with Gasteiger partial charge in [-0.2, -0.15) is 0 Å². The van der Waals surface area contributed by atoms with Gasteiger partial charge in [0.1, 0.15) is 31.1 Å². The Labute approximate surface area is 224 Å². The molecule has 0 amide bonds. The molecule has 0 atom stereocenters. The number of halogens is 2. The van der Waals surface area contributed by atoms with Crippen molar-refractivity contribution in [1.82, 2.24) is 24.4 Å². The van der Waals surface area contributed by atoms with Crippen LogP contribution in [-0.4, -0.2) is 37.5 Å². The van der Waals surface area contributed by atoms with Gasteiger partial charge in [0.05, 0.1) is 23.8 Å². The molecule has 7 nitrogen and oxygen atoms in total. The molecular formula is C29H27ClFN5O2. The summed E-state index contributed by atoms with van der Waals surface area (Å²) < 4.78 is 27.6. The molecular weight excluding hydrogens is 505 g/mol. The minimum absolute atomic E-state index is 0.104. The van der Waals surface area contributed by atoms with E-state index in [4.69, 9.17) is 30.7 Å². The zero-order valence-corrected chi connectivity index (χ0v) is 21.5. The third kappa shape index (κ3) is 5.42. The van der Waals surface area contributed by atoms with Crippen LogP contribution in [0.4, 0.5) is 4.39 Å². The highest BCUT2D eigenvalue weighted by molar-refractivity contribution is 6.30. The summed E-state index contributed by atoms with van der Waals surface area (Å²) in [6.45, 7) is 3.29. The van der Waals surface area contributed by atoms with Gasteiger partial charge < -0.3 is 13.7 Å². The second-order valence-corrected chi connectivity index (χ2v) is 9.94. The van der Waals surface area contributed by atoms with Gasteiger partial charge in [-0.15, -0.1) is 0 Å². The number of nitrogens with zero attached hydrogens (tertiary/aromatic N) is 5. The van der Waals surface area contributed by atoms with E-state index in [1.165, 1.54) is 6.07 Å². The monoisotopic (exact) mass is 531 g/mol. The summed E-state index contributed by atoms with van der Waals surface area (Å²) >= 11 is 5.84. The zero-order chi connectivity index (χ0) is 25.9. The first kappa shape index (κ1) is 24.6. The second-order valence-electron chi connectivity index (χ2n) is 9.50. The van der Waals surface area contributed by atoms with Crippen molar-refractivity contribution < 1.29 is 13.5 Å². The lowest BCUT2D eigenvalue weighted by Gasteiger charge is -2.31. The molecule has 0 N–H and O–H groups in total. The van der Waals surface area contributed by atoms with E-state index in [1.54, 1.807) is 24.6 Å². The van der Waals surface area contributed by atoms with Crippen LogP contribution in [0, 0.1) is 5.82 Å². The van der Waals surface area contributed by atoms with Crippen LogP contribution in [0.5, 0.6) is 5.88 Å². The first-order chi connectivity index (χ1) is 18.6. The number of oxazole rings is 1. The van der Waals surface area contributed by atoms with Gasteiger partial charge in [-0.3, -0.25) is 4.90 Å². The number of pyridine rings is 1. The molecule has 0 bridgehead atoms. The van der Waals surface area contributed by atoms with Gasteiger partial charge in [0, 0.05) is 28.3 Å². The van der Waals surface area contributed by atoms with E-state index in [1.807, 2.05) is 36.4 Å². The fraction of sp³-hybridized carbons (Fsp3) is 0.276. The number of aromatic nitrogens is 4. The molecule has 1 saturated heterocycles. The number of ether oxygens (including phenoxy) is 1. The fourth-order valence-corrected chi connectivity index (χ4v) is 5.16. The fourth-order valence-electron chi connectivity index (χ4n) is 5.00. The van der Waals surface area contributed by atoms with E-state index < -0.39 is 0 Å². The first-order valence-corrected chi connectivity index (χ1v) is 13.1. The number of benzene rings is 2. The molecule has 194 valence electrons. The maximum Gasteiger partial charge on any atom is 0.213 e. The minimum atomic E-state index is -0.380. The number of fused-ring (bicyclic) bond motifs is 1. The molecule has 0 saturated carbocycles. The van der Waals surface area contributed by atoms with Crippen LogP contribution in [-0.2, 0) is 19.7 Å². The molecule has 1 aliphatic heterocycles. The molecule has 2 aromatic carbocycles. The van der Waals surface area contributed by atoms with Crippen molar-refractivity contribution in [1.29, 1.82) is 0 Å². The van der Waals surface area contributed by atoms with Crippen LogP contribution in [0.1, 0.15) is 41.7 Å². The smallest absolute Gasteiger partial charge is 0.213 e. The van der Waals surface area contributed by atoms with E-state index in [0.717, 1.165) is 55.0 Å². The summed E-state index contributed by atoms with van der Waals surface area (Å²) in [4.78, 5) is 16.4. The topological polar surface area (TPSA) is 69.2 Å². The highest BCUT2D eigenvalue weighted by Gasteiger charge is 2.24. The number of rotatable bonds is 8. The van der Waals surface area contributed by atoms with Crippen LogP contribution >= 0.6 is 11.6 Å². The highest BCUT2D eigenvalue weighted by Crippen LogP contribution is 2.29. The number of piperidine rings is 1. The van der Waals surface area contributed by atoms with Crippen molar-refractivity contribution in [3.8, 4) is 5.88 Å². The molecule has 3 aromatic heterocycles. The summed E-state index contributed by atoms with van der Waals surface area (Å²) in [5, 5.41) is 0.365. The Bertz CT molecular complexity index is 1530. The van der Waals surface area contributed by atoms with Crippen molar-refractivity contribution in [3.05, 3.63) is 107 Å². The lowest BCUT2D eigenvalue weighted by Crippen LogP contribution is -2.33. The average Bonchev–Trinajstić information content (AvgIpc) is 3.57. The summed E-state index contributed by atoms with van der Waals surface area (Å²) in [7, 11) is 0. The van der Waals surface area contributed by atoms with E-state index in [2.05, 4.69) is 20.5 Å². The average molecular weight is 532 g/mol. The van der Waals surface area contributed by atoms with Crippen molar-refractivity contribution in [2.24, 2.45) is 0 Å². The van der Waals surface area contributed by atoms with Gasteiger partial charge in [0.15, 0.2) is 0 Å². The van der Waals surface area contributed by atoms with Gasteiger partial charge in [-0.05, 0) is 56.3 Å². The van der Waals surface area contributed by atoms with Gasteiger partial charge >= 0.3 is 0 Å². The number of hydrogen-bond donors (Lipinski definition) is 0. The molecule has 4 heterocycles. The first-order valence-electron chi connectivity index (χ1n) is 12.7. The van der Waals surface area contributed by atoms with Gasteiger partial charge in [-0.1, -0.05) is 35.9 Å². The van der Waals surface area contributed by atoms with Gasteiger partial charge in [0.2, 0.25) is 11.8 Å². The summed E-state index contributed by atoms with van der Waals surface area (Å²) in [5.74, 6) is 2.13. The normalized spacial score (nSPS) is 14.8. The Morgan fingerprint density at radius 2 is 1.87 bits per heavy atom. The predicted molar refractivity (Wildman–Crippen MR) is 143 cm³/mol. The Kier molecular flexibility index (Phi) is 7.07. The zero-order valence-electron chi connectivity index (χ0n) is 20.8. The highest BCUT2D eigenvalue weighted by atomic mass is 35.5. The van der Waals surface area contributed by atoms with Crippen LogP contribution in [0.25, 0.3) is 11.0 Å². The molecule has 38 heavy (non-hydrogen) atoms. The Morgan fingerprint density at radius 3 is 2.68 bits per heavy atom. The molecule has 1 aliphatic rings. The van der Waals surface area contributed by atoms with Gasteiger partial charge in [-0.25, -0.2) is 19.3 Å². The molecule has 0 aliphatic carbocycles. The quantitative estimate of drug-likeness (QED) is 0.237. The number of likely N-dealkylation sites (tertiary alicyclic amines) is 1. The molecule has 0 unspecified atom stereocenters. The second kappa shape index (κ2) is 10.9. The van der Waals surface area contributed by atoms with E-state index in [-0.39, 0.29) is 12.4 Å². The van der Waals surface area contributed by atoms with Crippen LogP contribution in [0.3, 0.4) is 0 Å². The number of para-hydroxylation sites is 2. The van der Waals surface area contributed by atoms with E-state index in [9.17, 15) is 4.39 Å². The Balaban J connectivity index is 1.10. The molecule has 0 spiro atoms. The van der Waals surface area contributed by atoms with Crippen molar-refractivity contribution in [2.75, 3.05) is 13.1 Å². The Morgan fingerprint density at radius 1 is 1.00 bits per heavy atom. The maximum absolute atomic E-state index is 14.1. The van der Waals surface area contributed by atoms with Crippen LogP contribution in [0.2, 0.25) is 5.02 Å². The molecule has 0 radical (unpaired) electrons. The third-order valence-corrected chi connectivity index (χ3v) is 7.25. The number of hydrogen-bond acceptors (Lipinski definition) is 6. The summed E-state index contributed by atoms with van der Waals surface area (Å²) in [6, 6.07) is 18.6. The van der Waals surface area contributed by atoms with Crippen molar-refractivity contribution in [3.63, 3.8) is 0 Å². The van der Waals surface area contributed by atoms with Crippen LogP contribution in [0.15, 0.2) is 77.5 Å². The number of imidazole rings is 1. The third-order valence-electron chi connectivity index (χ3n) is 7.02. The molecule has 6 rings (SSSR count). The van der Waals surface area contributed by atoms with E-state index in [0.29, 0.717) is 34.8 Å². The van der Waals surface area contributed by atoms with Crippen LogP contribution < -0.4 is 4.74 Å². The Hall–Kier alpha value is -3.75. The predicted octanol–water partition coefficient (Wildman–Crippen LogP) is 6.22. The summed E-state index contributed by atoms with van der Waals surface area (Å²) in [5.41, 5.74) is 3.51. The molecule has 1 fully saturated rings. The lowest BCUT2D eigenvalue weighted by molar-refractivity contribution is 0.196. The largest absolute Gasteiger partial charge is 0.473 e. The van der Waals surface area contributed by atoms with Crippen molar-refractivity contribution >= 4 is 22.6 Å². The molecule has 5 aromatic rings.